The Kier molecular flexibility index (Phi) is 5.07. The lowest BCUT2D eigenvalue weighted by Crippen LogP contribution is -2.35. The number of anilines is 1. The van der Waals surface area contributed by atoms with Crippen molar-refractivity contribution < 1.29 is 14.3 Å². The van der Waals surface area contributed by atoms with Crippen LogP contribution < -0.4 is 5.73 Å². The van der Waals surface area contributed by atoms with E-state index >= 15 is 0 Å². The molecule has 1 fully saturated rings. The fourth-order valence-electron chi connectivity index (χ4n) is 2.59. The van der Waals surface area contributed by atoms with Gasteiger partial charge in [0.1, 0.15) is 17.7 Å². The number of ketones is 1. The maximum Gasteiger partial charge on any atom is 0.410 e. The smallest absolute Gasteiger partial charge is 0.410 e. The third-order valence-corrected chi connectivity index (χ3v) is 3.71. The number of pyridine rings is 1. The number of carbonyl (C=O) groups is 2. The predicted molar refractivity (Wildman–Crippen MR) is 88.4 cm³/mol. The summed E-state index contributed by atoms with van der Waals surface area (Å²) in [6, 6.07) is 5.21. The minimum absolute atomic E-state index is 0.0201. The van der Waals surface area contributed by atoms with Crippen LogP contribution in [0.3, 0.4) is 0 Å². The third-order valence-electron chi connectivity index (χ3n) is 3.71. The standard InChI is InChI=1S/C17H22N4O3/c1-17(2,3)24-16(23)21-9-7-11(10-21)13-5-4-12(19)15(20-13)14(22)6-8-18/h4-5,11H,6-7,9-10,19H2,1-3H3. The molecular weight excluding hydrogens is 308 g/mol. The van der Waals surface area contributed by atoms with Crippen LogP contribution in [0.5, 0.6) is 0 Å². The maximum absolute atomic E-state index is 12.1. The SMILES string of the molecule is CC(C)(C)OC(=O)N1CCC(c2ccc(N)c(C(=O)CC#N)n2)C1. The highest BCUT2D eigenvalue weighted by atomic mass is 16.6. The van der Waals surface area contributed by atoms with Gasteiger partial charge in [0.05, 0.1) is 11.8 Å². The van der Waals surface area contributed by atoms with E-state index in [9.17, 15) is 9.59 Å². The van der Waals surface area contributed by atoms with Crippen molar-refractivity contribution in [1.82, 2.24) is 9.88 Å². The summed E-state index contributed by atoms with van der Waals surface area (Å²) in [5.74, 6) is -0.370. The molecule has 0 radical (unpaired) electrons. The fourth-order valence-corrected chi connectivity index (χ4v) is 2.59. The number of hydrogen-bond acceptors (Lipinski definition) is 6. The average molecular weight is 330 g/mol. The zero-order valence-electron chi connectivity index (χ0n) is 14.2. The first kappa shape index (κ1) is 17.7. The van der Waals surface area contributed by atoms with Crippen LogP contribution in [-0.2, 0) is 4.74 Å². The zero-order valence-corrected chi connectivity index (χ0v) is 14.2. The molecule has 0 saturated carbocycles. The Bertz CT molecular complexity index is 688. The molecule has 0 spiro atoms. The molecule has 2 N–H and O–H groups in total. The van der Waals surface area contributed by atoms with Gasteiger partial charge < -0.3 is 15.4 Å². The highest BCUT2D eigenvalue weighted by molar-refractivity contribution is 5.99. The Morgan fingerprint density at radius 1 is 1.46 bits per heavy atom. The van der Waals surface area contributed by atoms with Crippen molar-refractivity contribution in [2.45, 2.75) is 45.1 Å². The monoisotopic (exact) mass is 330 g/mol. The Labute approximate surface area is 141 Å². The van der Waals surface area contributed by atoms with Crippen molar-refractivity contribution in [2.75, 3.05) is 18.8 Å². The Morgan fingerprint density at radius 3 is 2.79 bits per heavy atom. The number of ether oxygens (including phenoxy) is 1. The Balaban J connectivity index is 2.11. The number of aromatic nitrogens is 1. The fraction of sp³-hybridized carbons (Fsp3) is 0.529. The molecule has 128 valence electrons. The largest absolute Gasteiger partial charge is 0.444 e. The number of rotatable bonds is 3. The van der Waals surface area contributed by atoms with Crippen molar-refractivity contribution in [3.05, 3.63) is 23.5 Å². The van der Waals surface area contributed by atoms with Crippen LogP contribution in [0.15, 0.2) is 12.1 Å². The summed E-state index contributed by atoms with van der Waals surface area (Å²) in [5.41, 5.74) is 6.35. The molecule has 2 heterocycles. The second-order valence-corrected chi connectivity index (χ2v) is 6.84. The van der Waals surface area contributed by atoms with Gasteiger partial charge in [-0.15, -0.1) is 0 Å². The van der Waals surface area contributed by atoms with E-state index in [2.05, 4.69) is 4.98 Å². The molecule has 1 unspecified atom stereocenters. The first-order valence-electron chi connectivity index (χ1n) is 7.86. The summed E-state index contributed by atoms with van der Waals surface area (Å²) in [5, 5.41) is 8.66. The van der Waals surface area contributed by atoms with E-state index < -0.39 is 5.60 Å². The molecule has 1 aromatic heterocycles. The summed E-state index contributed by atoms with van der Waals surface area (Å²) in [6.45, 7) is 6.54. The molecule has 7 heteroatoms. The van der Waals surface area contributed by atoms with E-state index in [-0.39, 0.29) is 35.6 Å². The number of Topliss-reactive ketones (excluding diaryl/α,β-unsaturated/α-hetero) is 1. The molecule has 7 nitrogen and oxygen atoms in total. The second kappa shape index (κ2) is 6.87. The number of nitrogens with two attached hydrogens (primary N) is 1. The Hall–Kier alpha value is -2.62. The van der Waals surface area contributed by atoms with Crippen LogP contribution in [0.2, 0.25) is 0 Å². The van der Waals surface area contributed by atoms with Crippen molar-refractivity contribution in [2.24, 2.45) is 0 Å². The quantitative estimate of drug-likeness (QED) is 0.853. The zero-order chi connectivity index (χ0) is 17.9. The number of nitriles is 1. The lowest BCUT2D eigenvalue weighted by Gasteiger charge is -2.24. The number of likely N-dealkylation sites (tertiary alicyclic amines) is 1. The van der Waals surface area contributed by atoms with Gasteiger partial charge in [-0.25, -0.2) is 9.78 Å². The molecule has 1 amide bonds. The van der Waals surface area contributed by atoms with E-state index in [0.29, 0.717) is 18.8 Å². The molecule has 1 saturated heterocycles. The van der Waals surface area contributed by atoms with E-state index in [4.69, 9.17) is 15.7 Å². The molecule has 0 aromatic carbocycles. The minimum Gasteiger partial charge on any atom is -0.444 e. The van der Waals surface area contributed by atoms with Crippen LogP contribution >= 0.6 is 0 Å². The van der Waals surface area contributed by atoms with Crippen LogP contribution in [0, 0.1) is 11.3 Å². The summed E-state index contributed by atoms with van der Waals surface area (Å²) in [7, 11) is 0. The van der Waals surface area contributed by atoms with Gasteiger partial charge in [0.2, 0.25) is 0 Å². The van der Waals surface area contributed by atoms with Gasteiger partial charge in [0.15, 0.2) is 5.78 Å². The van der Waals surface area contributed by atoms with Gasteiger partial charge in [-0.05, 0) is 39.3 Å². The third kappa shape index (κ3) is 4.22. The highest BCUT2D eigenvalue weighted by Crippen LogP contribution is 2.28. The molecule has 1 atom stereocenters. The number of nitrogen functional groups attached to an aromatic ring is 1. The topological polar surface area (TPSA) is 109 Å². The van der Waals surface area contributed by atoms with Crippen LogP contribution in [0.4, 0.5) is 10.5 Å². The molecule has 1 aliphatic heterocycles. The van der Waals surface area contributed by atoms with Crippen molar-refractivity contribution in [1.29, 1.82) is 5.26 Å². The lowest BCUT2D eigenvalue weighted by atomic mass is 10.0. The van der Waals surface area contributed by atoms with Crippen LogP contribution in [0.25, 0.3) is 0 Å². The van der Waals surface area contributed by atoms with Gasteiger partial charge in [-0.1, -0.05) is 0 Å². The second-order valence-electron chi connectivity index (χ2n) is 6.84. The molecule has 2 rings (SSSR count). The molecular formula is C17H22N4O3. The van der Waals surface area contributed by atoms with E-state index in [0.717, 1.165) is 6.42 Å². The van der Waals surface area contributed by atoms with Gasteiger partial charge >= 0.3 is 6.09 Å². The van der Waals surface area contributed by atoms with Crippen LogP contribution in [0.1, 0.15) is 55.7 Å². The number of amides is 1. The first-order chi connectivity index (χ1) is 11.2. The minimum atomic E-state index is -0.536. The van der Waals surface area contributed by atoms with E-state index in [1.54, 1.807) is 17.0 Å². The normalized spacial score (nSPS) is 17.4. The number of carbonyl (C=O) groups excluding carboxylic acids is 2. The molecule has 1 aromatic rings. The Morgan fingerprint density at radius 2 is 2.17 bits per heavy atom. The molecule has 24 heavy (non-hydrogen) atoms. The molecule has 1 aliphatic rings. The van der Waals surface area contributed by atoms with Crippen LogP contribution in [-0.4, -0.2) is 40.5 Å². The summed E-state index contributed by atoms with van der Waals surface area (Å²) in [4.78, 5) is 30.0. The average Bonchev–Trinajstić information content (AvgIpc) is 2.96. The van der Waals surface area contributed by atoms with Crippen molar-refractivity contribution >= 4 is 17.6 Å². The summed E-state index contributed by atoms with van der Waals surface area (Å²) < 4.78 is 5.38. The summed E-state index contributed by atoms with van der Waals surface area (Å²) in [6.07, 6.45) is 0.137. The van der Waals surface area contributed by atoms with Gasteiger partial charge in [-0.3, -0.25) is 4.79 Å². The van der Waals surface area contributed by atoms with Crippen molar-refractivity contribution in [3.8, 4) is 6.07 Å². The molecule has 0 aliphatic carbocycles. The van der Waals surface area contributed by atoms with Gasteiger partial charge in [0, 0.05) is 24.7 Å². The lowest BCUT2D eigenvalue weighted by molar-refractivity contribution is 0.0292. The van der Waals surface area contributed by atoms with E-state index in [1.807, 2.05) is 26.8 Å². The molecule has 0 bridgehead atoms. The first-order valence-corrected chi connectivity index (χ1v) is 7.86. The number of nitrogens with zero attached hydrogens (tertiary/aromatic N) is 3. The van der Waals surface area contributed by atoms with Gasteiger partial charge in [-0.2, -0.15) is 5.26 Å². The van der Waals surface area contributed by atoms with Crippen molar-refractivity contribution in [3.63, 3.8) is 0 Å². The maximum atomic E-state index is 12.1. The number of hydrogen-bond donors (Lipinski definition) is 1. The predicted octanol–water partition coefficient (Wildman–Crippen LogP) is 2.48. The highest BCUT2D eigenvalue weighted by Gasteiger charge is 2.31. The summed E-state index contributed by atoms with van der Waals surface area (Å²) >= 11 is 0. The van der Waals surface area contributed by atoms with E-state index in [1.165, 1.54) is 0 Å². The van der Waals surface area contributed by atoms with Gasteiger partial charge in [0.25, 0.3) is 0 Å².